The van der Waals surface area contributed by atoms with E-state index in [1.54, 1.807) is 14.2 Å². The third-order valence-electron chi connectivity index (χ3n) is 5.80. The van der Waals surface area contributed by atoms with Crippen molar-refractivity contribution in [2.45, 2.75) is 26.3 Å². The van der Waals surface area contributed by atoms with Crippen LogP contribution in [-0.4, -0.2) is 37.2 Å². The van der Waals surface area contributed by atoms with Crippen molar-refractivity contribution >= 4 is 10.9 Å². The molecule has 0 radical (unpaired) electrons. The molecule has 0 aliphatic carbocycles. The maximum atomic E-state index is 9.39. The highest BCUT2D eigenvalue weighted by molar-refractivity contribution is 5.93. The van der Waals surface area contributed by atoms with Gasteiger partial charge in [0.25, 0.3) is 0 Å². The lowest BCUT2D eigenvalue weighted by Crippen LogP contribution is -2.34. The maximum Gasteiger partial charge on any atom is 0.145 e. The minimum absolute atomic E-state index is 0.101. The van der Waals surface area contributed by atoms with Crippen molar-refractivity contribution in [3.63, 3.8) is 0 Å². The molecule has 0 bridgehead atoms. The van der Waals surface area contributed by atoms with Gasteiger partial charge in [0.2, 0.25) is 0 Å². The highest BCUT2D eigenvalue weighted by Crippen LogP contribution is 2.36. The predicted molar refractivity (Wildman–Crippen MR) is 119 cm³/mol. The van der Waals surface area contributed by atoms with Gasteiger partial charge in [-0.15, -0.1) is 0 Å². The van der Waals surface area contributed by atoms with Crippen LogP contribution in [0.3, 0.4) is 0 Å². The molecule has 0 N–H and O–H groups in total. The SMILES string of the molecule is COc1ccc(OC)c2nc(-c3cccc(C)c3)c(CN3CCC[C@@H](C#N)C3)cc12. The summed E-state index contributed by atoms with van der Waals surface area (Å²) in [6.07, 6.45) is 2.04. The first-order valence-corrected chi connectivity index (χ1v) is 10.4. The average molecular weight is 402 g/mol. The van der Waals surface area contributed by atoms with Crippen LogP contribution in [0.4, 0.5) is 0 Å². The Bertz CT molecular complexity index is 1100. The molecule has 1 aliphatic rings. The van der Waals surface area contributed by atoms with Gasteiger partial charge >= 0.3 is 0 Å². The number of benzene rings is 2. The molecule has 2 heterocycles. The van der Waals surface area contributed by atoms with E-state index in [0.29, 0.717) is 0 Å². The van der Waals surface area contributed by atoms with E-state index < -0.39 is 0 Å². The summed E-state index contributed by atoms with van der Waals surface area (Å²) in [4.78, 5) is 7.44. The van der Waals surface area contributed by atoms with Gasteiger partial charge in [-0.1, -0.05) is 23.8 Å². The van der Waals surface area contributed by atoms with E-state index in [9.17, 15) is 5.26 Å². The van der Waals surface area contributed by atoms with Crippen LogP contribution in [0.25, 0.3) is 22.2 Å². The van der Waals surface area contributed by atoms with Crippen molar-refractivity contribution in [1.29, 1.82) is 5.26 Å². The highest BCUT2D eigenvalue weighted by Gasteiger charge is 2.22. The summed E-state index contributed by atoms with van der Waals surface area (Å²) in [7, 11) is 3.34. The molecule has 0 spiro atoms. The van der Waals surface area contributed by atoms with Crippen molar-refractivity contribution < 1.29 is 9.47 Å². The maximum absolute atomic E-state index is 9.39. The van der Waals surface area contributed by atoms with Gasteiger partial charge in [-0.2, -0.15) is 5.26 Å². The second kappa shape index (κ2) is 8.73. The molecular formula is C25H27N3O2. The van der Waals surface area contributed by atoms with Gasteiger partial charge in [0.05, 0.1) is 31.9 Å². The van der Waals surface area contributed by atoms with Gasteiger partial charge in [0.15, 0.2) is 0 Å². The standard InChI is InChI=1S/C25H27N3O2/c1-17-6-4-8-19(12-17)24-20(16-28-11-5-7-18(14-26)15-28)13-21-22(29-2)9-10-23(30-3)25(21)27-24/h4,6,8-10,12-13,18H,5,7,11,15-16H2,1-3H3/t18-/m0/s1. The number of nitrogens with zero attached hydrogens (tertiary/aromatic N) is 3. The molecule has 1 atom stereocenters. The average Bonchev–Trinajstić information content (AvgIpc) is 2.78. The highest BCUT2D eigenvalue weighted by atomic mass is 16.5. The number of hydrogen-bond acceptors (Lipinski definition) is 5. The molecule has 3 aromatic rings. The third kappa shape index (κ3) is 3.96. The van der Waals surface area contributed by atoms with Gasteiger partial charge in [-0.3, -0.25) is 4.90 Å². The number of methoxy groups -OCH3 is 2. The van der Waals surface area contributed by atoms with Gasteiger partial charge < -0.3 is 9.47 Å². The van der Waals surface area contributed by atoms with E-state index in [0.717, 1.165) is 71.7 Å². The Kier molecular flexibility index (Phi) is 5.87. The van der Waals surface area contributed by atoms with E-state index >= 15 is 0 Å². The fraction of sp³-hybridized carbons (Fsp3) is 0.360. The summed E-state index contributed by atoms with van der Waals surface area (Å²) in [5, 5.41) is 10.3. The molecule has 1 aromatic heterocycles. The predicted octanol–water partition coefficient (Wildman–Crippen LogP) is 4.96. The molecule has 30 heavy (non-hydrogen) atoms. The van der Waals surface area contributed by atoms with Crippen molar-refractivity contribution in [2.24, 2.45) is 5.92 Å². The number of ether oxygens (including phenoxy) is 2. The van der Waals surface area contributed by atoms with Crippen LogP contribution in [0.2, 0.25) is 0 Å². The number of aryl methyl sites for hydroxylation is 1. The van der Waals surface area contributed by atoms with E-state index in [1.807, 2.05) is 12.1 Å². The molecule has 5 nitrogen and oxygen atoms in total. The Hall–Kier alpha value is -3.10. The van der Waals surface area contributed by atoms with Gasteiger partial charge in [-0.05, 0) is 56.1 Å². The first-order chi connectivity index (χ1) is 14.6. The van der Waals surface area contributed by atoms with Crippen LogP contribution >= 0.6 is 0 Å². The lowest BCUT2D eigenvalue weighted by Gasteiger charge is -2.30. The molecule has 1 fully saturated rings. The first kappa shape index (κ1) is 20.2. The third-order valence-corrected chi connectivity index (χ3v) is 5.80. The molecule has 4 rings (SSSR count). The van der Waals surface area contributed by atoms with E-state index in [-0.39, 0.29) is 5.92 Å². The fourth-order valence-electron chi connectivity index (χ4n) is 4.30. The molecule has 1 saturated heterocycles. The molecule has 2 aromatic carbocycles. The largest absolute Gasteiger partial charge is 0.496 e. The monoisotopic (exact) mass is 401 g/mol. The number of aromatic nitrogens is 1. The summed E-state index contributed by atoms with van der Waals surface area (Å²) < 4.78 is 11.2. The summed E-state index contributed by atoms with van der Waals surface area (Å²) in [5.74, 6) is 1.61. The number of pyridine rings is 1. The topological polar surface area (TPSA) is 58.4 Å². The number of hydrogen-bond donors (Lipinski definition) is 0. The quantitative estimate of drug-likeness (QED) is 0.605. The Morgan fingerprint density at radius 3 is 2.67 bits per heavy atom. The van der Waals surface area contributed by atoms with Gasteiger partial charge in [-0.25, -0.2) is 4.98 Å². The summed E-state index contributed by atoms with van der Waals surface area (Å²) in [6, 6.07) is 16.9. The second-order valence-electron chi connectivity index (χ2n) is 7.94. The normalized spacial score (nSPS) is 16.9. The Morgan fingerprint density at radius 1 is 1.13 bits per heavy atom. The number of piperidine rings is 1. The second-order valence-corrected chi connectivity index (χ2v) is 7.94. The van der Waals surface area contributed by atoms with E-state index in [2.05, 4.69) is 48.2 Å². The van der Waals surface area contributed by atoms with Crippen molar-refractivity contribution in [3.05, 3.63) is 53.6 Å². The first-order valence-electron chi connectivity index (χ1n) is 10.4. The lowest BCUT2D eigenvalue weighted by molar-refractivity contribution is 0.192. The Balaban J connectivity index is 1.87. The van der Waals surface area contributed by atoms with Crippen molar-refractivity contribution in [2.75, 3.05) is 27.3 Å². The Labute approximate surface area is 177 Å². The molecule has 5 heteroatoms. The molecule has 0 saturated carbocycles. The van der Waals surface area contributed by atoms with Gasteiger partial charge in [0.1, 0.15) is 17.0 Å². The van der Waals surface area contributed by atoms with Crippen molar-refractivity contribution in [3.8, 4) is 28.8 Å². The van der Waals surface area contributed by atoms with Crippen LogP contribution in [0.5, 0.6) is 11.5 Å². The van der Waals surface area contributed by atoms with Crippen LogP contribution in [-0.2, 0) is 6.54 Å². The number of rotatable bonds is 5. The molecule has 154 valence electrons. The molecule has 0 unspecified atom stereocenters. The fourth-order valence-corrected chi connectivity index (χ4v) is 4.30. The lowest BCUT2D eigenvalue weighted by atomic mass is 9.97. The number of fused-ring (bicyclic) bond motifs is 1. The summed E-state index contributed by atoms with van der Waals surface area (Å²) in [6.45, 7) is 4.65. The minimum Gasteiger partial charge on any atom is -0.496 e. The smallest absolute Gasteiger partial charge is 0.145 e. The molecule has 0 amide bonds. The molecule has 1 aliphatic heterocycles. The number of likely N-dealkylation sites (tertiary alicyclic amines) is 1. The molecular weight excluding hydrogens is 374 g/mol. The van der Waals surface area contributed by atoms with Crippen LogP contribution in [0.1, 0.15) is 24.0 Å². The van der Waals surface area contributed by atoms with Crippen LogP contribution < -0.4 is 9.47 Å². The van der Waals surface area contributed by atoms with Crippen molar-refractivity contribution in [1.82, 2.24) is 9.88 Å². The minimum atomic E-state index is 0.101. The van der Waals surface area contributed by atoms with Crippen LogP contribution in [0.15, 0.2) is 42.5 Å². The summed E-state index contributed by atoms with van der Waals surface area (Å²) in [5.41, 5.74) is 5.17. The zero-order chi connectivity index (χ0) is 21.1. The number of nitriles is 1. The summed E-state index contributed by atoms with van der Waals surface area (Å²) >= 11 is 0. The van der Waals surface area contributed by atoms with E-state index in [1.165, 1.54) is 5.56 Å². The van der Waals surface area contributed by atoms with E-state index in [4.69, 9.17) is 14.5 Å². The van der Waals surface area contributed by atoms with Crippen LogP contribution in [0, 0.1) is 24.2 Å². The Morgan fingerprint density at radius 2 is 1.93 bits per heavy atom. The van der Waals surface area contributed by atoms with Gasteiger partial charge in [0, 0.05) is 24.0 Å². The zero-order valence-electron chi connectivity index (χ0n) is 17.8. The zero-order valence-corrected chi connectivity index (χ0v) is 17.8.